The van der Waals surface area contributed by atoms with Gasteiger partial charge in [0.1, 0.15) is 11.8 Å². The highest BCUT2D eigenvalue weighted by Crippen LogP contribution is 2.41. The Labute approximate surface area is 201 Å². The predicted molar refractivity (Wildman–Crippen MR) is 129 cm³/mol. The van der Waals surface area contributed by atoms with Crippen molar-refractivity contribution in [2.24, 2.45) is 5.41 Å². The first kappa shape index (κ1) is 23.0. The highest BCUT2D eigenvalue weighted by atomic mass is 79.9. The van der Waals surface area contributed by atoms with Crippen LogP contribution in [0, 0.1) is 12.3 Å². The van der Waals surface area contributed by atoms with Crippen molar-refractivity contribution in [1.29, 1.82) is 0 Å². The standard InChI is InChI=1S/C23H27BrClN5O2/c1-4-32-20(31)5-6-23(3)7-8-29(12-23)19-10-16(25)9-18(24)17(19)11-30-14-28-21-15(2)26-13-27-22(21)30/h9-10,13-14H,4-8,11-12H2,1-3H3/t23-/m0/s1. The third-order valence-corrected chi connectivity index (χ3v) is 7.11. The normalized spacial score (nSPS) is 18.5. The van der Waals surface area contributed by atoms with Gasteiger partial charge in [-0.2, -0.15) is 0 Å². The third kappa shape index (κ3) is 4.76. The van der Waals surface area contributed by atoms with Crippen molar-refractivity contribution >= 4 is 50.4 Å². The molecule has 0 spiro atoms. The van der Waals surface area contributed by atoms with Gasteiger partial charge in [0.05, 0.1) is 25.2 Å². The zero-order valence-corrected chi connectivity index (χ0v) is 20.9. The Morgan fingerprint density at radius 3 is 2.91 bits per heavy atom. The molecule has 0 N–H and O–H groups in total. The maximum atomic E-state index is 11.9. The van der Waals surface area contributed by atoms with E-state index in [1.54, 1.807) is 6.33 Å². The van der Waals surface area contributed by atoms with Crippen LogP contribution in [-0.4, -0.2) is 45.2 Å². The average molecular weight is 521 g/mol. The number of nitrogens with zero attached hydrogens (tertiary/aromatic N) is 5. The summed E-state index contributed by atoms with van der Waals surface area (Å²) in [5.74, 6) is -0.123. The zero-order chi connectivity index (χ0) is 22.9. The lowest BCUT2D eigenvalue weighted by molar-refractivity contribution is -0.143. The topological polar surface area (TPSA) is 73.1 Å². The molecule has 0 amide bonds. The molecule has 3 heterocycles. The summed E-state index contributed by atoms with van der Waals surface area (Å²) in [6.07, 6.45) is 5.65. The summed E-state index contributed by atoms with van der Waals surface area (Å²) in [7, 11) is 0. The fourth-order valence-electron chi connectivity index (χ4n) is 4.38. The average Bonchev–Trinajstić information content (AvgIpc) is 3.34. The predicted octanol–water partition coefficient (Wildman–Crippen LogP) is 5.16. The molecule has 0 saturated carbocycles. The van der Waals surface area contributed by atoms with Crippen molar-refractivity contribution in [3.63, 3.8) is 0 Å². The number of hydrogen-bond acceptors (Lipinski definition) is 6. The number of ether oxygens (including phenoxy) is 1. The van der Waals surface area contributed by atoms with E-state index in [4.69, 9.17) is 16.3 Å². The van der Waals surface area contributed by atoms with Gasteiger partial charge in [0, 0.05) is 40.3 Å². The van der Waals surface area contributed by atoms with Crippen molar-refractivity contribution in [2.45, 2.75) is 46.6 Å². The molecule has 1 atom stereocenters. The van der Waals surface area contributed by atoms with E-state index in [0.717, 1.165) is 58.5 Å². The number of benzene rings is 1. The van der Waals surface area contributed by atoms with E-state index in [1.807, 2.05) is 36.9 Å². The van der Waals surface area contributed by atoms with Gasteiger partial charge in [-0.25, -0.2) is 15.0 Å². The van der Waals surface area contributed by atoms with Crippen LogP contribution in [0.3, 0.4) is 0 Å². The maximum absolute atomic E-state index is 11.9. The van der Waals surface area contributed by atoms with Gasteiger partial charge in [-0.05, 0) is 44.2 Å². The van der Waals surface area contributed by atoms with E-state index >= 15 is 0 Å². The summed E-state index contributed by atoms with van der Waals surface area (Å²) in [6.45, 7) is 8.82. The molecule has 1 aromatic carbocycles. The van der Waals surface area contributed by atoms with Gasteiger partial charge in [-0.15, -0.1) is 0 Å². The number of halogens is 2. The van der Waals surface area contributed by atoms with Crippen LogP contribution in [0.5, 0.6) is 0 Å². The van der Waals surface area contributed by atoms with Crippen LogP contribution >= 0.6 is 27.5 Å². The molecule has 0 radical (unpaired) electrons. The molecule has 0 unspecified atom stereocenters. The van der Waals surface area contributed by atoms with Crippen molar-refractivity contribution in [3.8, 4) is 0 Å². The van der Waals surface area contributed by atoms with Crippen LogP contribution in [0.4, 0.5) is 5.69 Å². The molecule has 7 nitrogen and oxygen atoms in total. The highest BCUT2D eigenvalue weighted by Gasteiger charge is 2.35. The lowest BCUT2D eigenvalue weighted by Gasteiger charge is -2.27. The Balaban J connectivity index is 1.60. The fourth-order valence-corrected chi connectivity index (χ4v) is 5.30. The van der Waals surface area contributed by atoms with E-state index in [9.17, 15) is 4.79 Å². The van der Waals surface area contributed by atoms with E-state index in [-0.39, 0.29) is 11.4 Å². The quantitative estimate of drug-likeness (QED) is 0.401. The first-order valence-corrected chi connectivity index (χ1v) is 12.0. The van der Waals surface area contributed by atoms with Crippen molar-refractivity contribution in [3.05, 3.63) is 45.5 Å². The number of hydrogen-bond donors (Lipinski definition) is 0. The SMILES string of the molecule is CCOC(=O)CC[C@@]1(C)CCN(c2cc(Cl)cc(Br)c2Cn2cnc3c(C)ncnc32)C1. The van der Waals surface area contributed by atoms with Gasteiger partial charge < -0.3 is 14.2 Å². The number of esters is 1. The number of aryl methyl sites for hydroxylation is 1. The second-order valence-electron chi connectivity index (χ2n) is 8.68. The van der Waals surface area contributed by atoms with Crippen LogP contribution in [0.25, 0.3) is 11.2 Å². The monoisotopic (exact) mass is 519 g/mol. The summed E-state index contributed by atoms with van der Waals surface area (Å²) < 4.78 is 8.11. The lowest BCUT2D eigenvalue weighted by Crippen LogP contribution is -2.26. The van der Waals surface area contributed by atoms with Crippen LogP contribution in [0.2, 0.25) is 5.02 Å². The molecule has 3 aromatic rings. The van der Waals surface area contributed by atoms with E-state index in [2.05, 4.69) is 42.7 Å². The molecule has 4 rings (SSSR count). The molecule has 2 aromatic heterocycles. The molecule has 32 heavy (non-hydrogen) atoms. The smallest absolute Gasteiger partial charge is 0.305 e. The Morgan fingerprint density at radius 2 is 2.12 bits per heavy atom. The molecule has 0 aliphatic carbocycles. The number of imidazole rings is 1. The Kier molecular flexibility index (Phi) is 6.72. The zero-order valence-electron chi connectivity index (χ0n) is 18.6. The molecule has 1 fully saturated rings. The number of rotatable bonds is 7. The highest BCUT2D eigenvalue weighted by molar-refractivity contribution is 9.10. The Morgan fingerprint density at radius 1 is 1.31 bits per heavy atom. The lowest BCUT2D eigenvalue weighted by atomic mass is 9.85. The molecule has 170 valence electrons. The second kappa shape index (κ2) is 9.35. The summed E-state index contributed by atoms with van der Waals surface area (Å²) >= 11 is 10.2. The summed E-state index contributed by atoms with van der Waals surface area (Å²) in [4.78, 5) is 27.4. The van der Waals surface area contributed by atoms with Crippen LogP contribution in [0.15, 0.2) is 29.3 Å². The molecule has 9 heteroatoms. The minimum Gasteiger partial charge on any atom is -0.466 e. The van der Waals surface area contributed by atoms with Gasteiger partial charge in [0.15, 0.2) is 5.65 Å². The minimum absolute atomic E-state index is 0.0465. The number of fused-ring (bicyclic) bond motifs is 1. The second-order valence-corrected chi connectivity index (χ2v) is 9.97. The van der Waals surface area contributed by atoms with E-state index in [0.29, 0.717) is 24.6 Å². The molecular weight excluding hydrogens is 494 g/mol. The summed E-state index contributed by atoms with van der Waals surface area (Å²) in [5.41, 5.74) is 4.75. The molecular formula is C23H27BrClN5O2. The molecule has 1 aliphatic heterocycles. The Bertz CT molecular complexity index is 1150. The first-order chi connectivity index (χ1) is 15.3. The van der Waals surface area contributed by atoms with Gasteiger partial charge in [0.2, 0.25) is 0 Å². The van der Waals surface area contributed by atoms with Crippen LogP contribution in [-0.2, 0) is 16.1 Å². The van der Waals surface area contributed by atoms with Gasteiger partial charge in [-0.3, -0.25) is 4.79 Å². The summed E-state index contributed by atoms with van der Waals surface area (Å²) in [5, 5.41) is 0.685. The fraction of sp³-hybridized carbons (Fsp3) is 0.478. The number of carbonyl (C=O) groups is 1. The van der Waals surface area contributed by atoms with Gasteiger partial charge >= 0.3 is 5.97 Å². The van der Waals surface area contributed by atoms with Crippen molar-refractivity contribution in [1.82, 2.24) is 19.5 Å². The van der Waals surface area contributed by atoms with Crippen LogP contribution < -0.4 is 4.90 Å². The Hall–Kier alpha value is -2.19. The largest absolute Gasteiger partial charge is 0.466 e. The van der Waals surface area contributed by atoms with Gasteiger partial charge in [-0.1, -0.05) is 34.5 Å². The van der Waals surface area contributed by atoms with E-state index in [1.165, 1.54) is 0 Å². The number of carbonyl (C=O) groups excluding carboxylic acids is 1. The minimum atomic E-state index is -0.123. The van der Waals surface area contributed by atoms with E-state index < -0.39 is 0 Å². The number of anilines is 1. The third-order valence-electron chi connectivity index (χ3n) is 6.19. The summed E-state index contributed by atoms with van der Waals surface area (Å²) in [6, 6.07) is 3.95. The molecule has 1 aliphatic rings. The first-order valence-electron chi connectivity index (χ1n) is 10.8. The van der Waals surface area contributed by atoms with Crippen molar-refractivity contribution < 1.29 is 9.53 Å². The maximum Gasteiger partial charge on any atom is 0.305 e. The molecule has 0 bridgehead atoms. The van der Waals surface area contributed by atoms with Crippen LogP contribution in [0.1, 0.15) is 44.4 Å². The number of aromatic nitrogens is 4. The van der Waals surface area contributed by atoms with Gasteiger partial charge in [0.25, 0.3) is 0 Å². The van der Waals surface area contributed by atoms with Crippen molar-refractivity contribution in [2.75, 3.05) is 24.6 Å². The molecule has 1 saturated heterocycles.